The van der Waals surface area contributed by atoms with E-state index in [0.717, 1.165) is 53.1 Å². The zero-order valence-corrected chi connectivity index (χ0v) is 45.7. The Hall–Kier alpha value is -8.38. The molecule has 3 aromatic heterocycles. The van der Waals surface area contributed by atoms with Crippen molar-refractivity contribution in [3.05, 3.63) is 167 Å². The molecule has 6 heterocycles. The molecule has 414 valence electrons. The van der Waals surface area contributed by atoms with E-state index in [1.807, 2.05) is 121 Å². The molecule has 80 heavy (non-hydrogen) atoms. The van der Waals surface area contributed by atoms with Crippen molar-refractivity contribution in [1.29, 1.82) is 0 Å². The van der Waals surface area contributed by atoms with Crippen LogP contribution in [0.1, 0.15) is 59.3 Å². The molecule has 0 saturated carbocycles. The van der Waals surface area contributed by atoms with Gasteiger partial charge in [-0.05, 0) is 122 Å². The van der Waals surface area contributed by atoms with Gasteiger partial charge in [-0.15, -0.1) is 0 Å². The first-order chi connectivity index (χ1) is 39.0. The van der Waals surface area contributed by atoms with E-state index in [-0.39, 0.29) is 71.4 Å². The molecule has 0 amide bonds. The van der Waals surface area contributed by atoms with Crippen LogP contribution in [0.5, 0.6) is 34.9 Å². The minimum absolute atomic E-state index is 0.0115. The lowest BCUT2D eigenvalue weighted by Crippen LogP contribution is -2.34. The van der Waals surface area contributed by atoms with Gasteiger partial charge in [-0.3, -0.25) is 9.88 Å². The predicted molar refractivity (Wildman–Crippen MR) is 301 cm³/mol. The molecule has 4 atom stereocenters. The number of fused-ring (bicyclic) bond motifs is 1. The van der Waals surface area contributed by atoms with Crippen LogP contribution in [-0.2, 0) is 26.2 Å². The Morgan fingerprint density at radius 1 is 0.675 bits per heavy atom. The van der Waals surface area contributed by atoms with Crippen LogP contribution in [0, 0.1) is 24.5 Å². The summed E-state index contributed by atoms with van der Waals surface area (Å²) in [5.41, 5.74) is 4.74. The normalized spacial score (nSPS) is 17.1. The summed E-state index contributed by atoms with van der Waals surface area (Å²) < 4.78 is 86.6. The fourth-order valence-corrected chi connectivity index (χ4v) is 11.3. The number of aromatic nitrogens is 5. The zero-order chi connectivity index (χ0) is 55.4. The van der Waals surface area contributed by atoms with Crippen molar-refractivity contribution in [3.63, 3.8) is 0 Å². The average molecular weight is 1090 g/mol. The van der Waals surface area contributed by atoms with Gasteiger partial charge in [0.05, 0.1) is 53.3 Å². The number of methoxy groups -OCH3 is 4. The van der Waals surface area contributed by atoms with E-state index in [1.165, 1.54) is 0 Å². The van der Waals surface area contributed by atoms with E-state index >= 15 is 13.2 Å². The van der Waals surface area contributed by atoms with Crippen LogP contribution in [0.15, 0.2) is 122 Å². The van der Waals surface area contributed by atoms with Gasteiger partial charge in [0.15, 0.2) is 17.5 Å². The van der Waals surface area contributed by atoms with Gasteiger partial charge in [0.2, 0.25) is 5.88 Å². The summed E-state index contributed by atoms with van der Waals surface area (Å²) in [6, 6.07) is 33.5. The van der Waals surface area contributed by atoms with Crippen molar-refractivity contribution in [3.8, 4) is 46.1 Å². The van der Waals surface area contributed by atoms with Gasteiger partial charge in [0, 0.05) is 62.6 Å². The lowest BCUT2D eigenvalue weighted by Gasteiger charge is -2.32. The summed E-state index contributed by atoms with van der Waals surface area (Å²) >= 11 is 0. The maximum Gasteiger partial charge on any atom is 0.319 e. The molecule has 3 aliphatic heterocycles. The standard InChI is InChI=1S/C62H64F3N9O6/c1-38-30-48(54(64)52(31-38)72(32-40-9-17-44(75-3)18-10-40)33-41-11-19-45(76-4)20-12-41)57-55(65)58-53-59(70-62(69-58)80-37-49-50(63)36-71-27-7-8-51(49)71)74(28-29-79-61(53)68-57)39(2)56-60(67-26-25-66-56)73(34-42-13-21-46(77-5)22-14-42)35-43-15-23-47(78-6)24-16-43/h9-26,30-31,39,49-51H,7-8,27-29,32-37H2,1-6H3/t39-,49-,50+,51?/m1/s1. The average Bonchev–Trinajstić information content (AvgIpc) is 4.09. The number of aryl methyl sites for hydroxylation is 1. The van der Waals surface area contributed by atoms with E-state index in [4.69, 9.17) is 53.3 Å². The van der Waals surface area contributed by atoms with Gasteiger partial charge in [0.1, 0.15) is 63.9 Å². The number of hydrogen-bond acceptors (Lipinski definition) is 15. The molecule has 1 unspecified atom stereocenters. The minimum atomic E-state index is -1.12. The maximum absolute atomic E-state index is 18.2. The van der Waals surface area contributed by atoms with Crippen molar-refractivity contribution in [1.82, 2.24) is 29.8 Å². The number of rotatable bonds is 20. The third kappa shape index (κ3) is 11.1. The highest BCUT2D eigenvalue weighted by Gasteiger charge is 2.45. The Labute approximate surface area is 463 Å². The van der Waals surface area contributed by atoms with E-state index in [2.05, 4.69) is 9.80 Å². The molecule has 0 spiro atoms. The number of alkyl halides is 1. The van der Waals surface area contributed by atoms with Crippen LogP contribution in [0.3, 0.4) is 0 Å². The predicted octanol–water partition coefficient (Wildman–Crippen LogP) is 11.3. The second-order valence-electron chi connectivity index (χ2n) is 20.6. The van der Waals surface area contributed by atoms with Crippen LogP contribution >= 0.6 is 0 Å². The van der Waals surface area contributed by atoms with Gasteiger partial charge in [-0.2, -0.15) is 9.97 Å². The van der Waals surface area contributed by atoms with Gasteiger partial charge in [-0.25, -0.2) is 23.1 Å². The van der Waals surface area contributed by atoms with Crippen molar-refractivity contribution >= 4 is 28.2 Å². The summed E-state index contributed by atoms with van der Waals surface area (Å²) in [6.45, 7) is 6.78. The van der Waals surface area contributed by atoms with Crippen molar-refractivity contribution in [2.24, 2.45) is 5.92 Å². The summed E-state index contributed by atoms with van der Waals surface area (Å²) in [7, 11) is 6.48. The highest BCUT2D eigenvalue weighted by atomic mass is 19.1. The van der Waals surface area contributed by atoms with Crippen molar-refractivity contribution in [2.75, 3.05) is 76.0 Å². The molecule has 0 radical (unpaired) electrons. The summed E-state index contributed by atoms with van der Waals surface area (Å²) in [5, 5.41) is 0.168. The van der Waals surface area contributed by atoms with E-state index in [9.17, 15) is 0 Å². The molecule has 11 rings (SSSR count). The molecular formula is C62H64F3N9O6. The Bertz CT molecular complexity index is 3350. The minimum Gasteiger partial charge on any atom is -0.497 e. The third-order valence-corrected chi connectivity index (χ3v) is 15.5. The SMILES string of the molecule is COc1ccc(CN(Cc2ccc(OC)cc2)c2cc(C)cc(-c3nc4c5c(nc(OC[C@H]6C7CCCN7C[C@@H]6F)nc5c3F)N([C@H](C)c3nccnc3N(Cc3ccc(OC)cc3)Cc3ccc(OC)cc3)CCO4)c2F)cc1. The van der Waals surface area contributed by atoms with Crippen LogP contribution < -0.4 is 43.1 Å². The van der Waals surface area contributed by atoms with Crippen LogP contribution in [0.2, 0.25) is 0 Å². The third-order valence-electron chi connectivity index (χ3n) is 15.5. The highest BCUT2D eigenvalue weighted by Crippen LogP contribution is 2.45. The van der Waals surface area contributed by atoms with Crippen LogP contribution in [-0.4, -0.2) is 103 Å². The smallest absolute Gasteiger partial charge is 0.319 e. The number of nitrogens with zero attached hydrogens (tertiary/aromatic N) is 9. The number of hydrogen-bond donors (Lipinski definition) is 0. The summed E-state index contributed by atoms with van der Waals surface area (Å²) in [4.78, 5) is 32.8. The van der Waals surface area contributed by atoms with E-state index < -0.39 is 29.8 Å². The number of ether oxygens (including phenoxy) is 6. The Morgan fingerprint density at radius 2 is 1.23 bits per heavy atom. The summed E-state index contributed by atoms with van der Waals surface area (Å²) in [6.07, 6.45) is 4.02. The van der Waals surface area contributed by atoms with E-state index in [0.29, 0.717) is 61.3 Å². The molecule has 0 N–H and O–H groups in total. The lowest BCUT2D eigenvalue weighted by molar-refractivity contribution is 0.157. The number of benzene rings is 5. The number of anilines is 3. The lowest BCUT2D eigenvalue weighted by atomic mass is 9.98. The zero-order valence-electron chi connectivity index (χ0n) is 45.7. The second-order valence-corrected chi connectivity index (χ2v) is 20.6. The van der Waals surface area contributed by atoms with E-state index in [1.54, 1.807) is 53.0 Å². The molecule has 8 aromatic rings. The molecule has 3 aliphatic rings. The number of halogens is 3. The quantitative estimate of drug-likeness (QED) is 0.0716. The Morgan fingerprint density at radius 3 is 1.79 bits per heavy atom. The number of pyridine rings is 1. The Balaban J connectivity index is 1.02. The van der Waals surface area contributed by atoms with Gasteiger partial charge in [-0.1, -0.05) is 48.5 Å². The Kier molecular flexibility index (Phi) is 15.8. The first-order valence-corrected chi connectivity index (χ1v) is 26.9. The molecule has 2 fully saturated rings. The molecule has 15 nitrogen and oxygen atoms in total. The maximum atomic E-state index is 18.2. The van der Waals surface area contributed by atoms with Gasteiger partial charge in [0.25, 0.3) is 0 Å². The fraction of sp³-hybridized carbons (Fsp3) is 0.339. The first kappa shape index (κ1) is 53.6. The van der Waals surface area contributed by atoms with Crippen molar-refractivity contribution < 1.29 is 41.6 Å². The van der Waals surface area contributed by atoms with Crippen molar-refractivity contribution in [2.45, 2.75) is 71.1 Å². The molecular weight excluding hydrogens is 1020 g/mol. The molecule has 0 aliphatic carbocycles. The topological polar surface area (TPSA) is 133 Å². The van der Waals surface area contributed by atoms with Crippen LogP contribution in [0.25, 0.3) is 22.2 Å². The fourth-order valence-electron chi connectivity index (χ4n) is 11.3. The van der Waals surface area contributed by atoms with Crippen LogP contribution in [0.4, 0.5) is 30.5 Å². The second kappa shape index (κ2) is 23.5. The van der Waals surface area contributed by atoms with Gasteiger partial charge < -0.3 is 43.1 Å². The first-order valence-electron chi connectivity index (χ1n) is 26.9. The molecule has 5 aromatic carbocycles. The molecule has 2 saturated heterocycles. The monoisotopic (exact) mass is 1090 g/mol. The summed E-state index contributed by atoms with van der Waals surface area (Å²) in [5.74, 6) is 1.71. The highest BCUT2D eigenvalue weighted by molar-refractivity contribution is 5.97. The largest absolute Gasteiger partial charge is 0.497 e. The van der Waals surface area contributed by atoms with Gasteiger partial charge >= 0.3 is 6.01 Å². The molecule has 0 bridgehead atoms. The molecule has 18 heteroatoms.